The molecule has 2 aromatic heterocycles. The number of nitrogen functional groups attached to an aromatic ring is 1. The molecule has 0 aliphatic carbocycles. The zero-order valence-electron chi connectivity index (χ0n) is 25.4. The van der Waals surface area contributed by atoms with Crippen LogP contribution in [0, 0.1) is 23.0 Å². The van der Waals surface area contributed by atoms with E-state index in [-0.39, 0.29) is 88.3 Å². The number of hydrogen-bond donors (Lipinski definition) is 1. The van der Waals surface area contributed by atoms with E-state index in [1.54, 1.807) is 4.90 Å². The fourth-order valence-electron chi connectivity index (χ4n) is 7.49. The first-order valence-electron chi connectivity index (χ1n) is 15.2. The number of anilines is 2. The van der Waals surface area contributed by atoms with Crippen LogP contribution in [-0.4, -0.2) is 71.6 Å². The summed E-state index contributed by atoms with van der Waals surface area (Å²) in [6.07, 6.45) is -4.94. The molecule has 0 amide bonds. The van der Waals surface area contributed by atoms with E-state index in [4.69, 9.17) is 15.2 Å². The standard InChI is InChI=1S/C32H30F6N6O2S/c1-15-11-43(12-16(2)46-15)29-19-8-21(32(36,37)38)24(18-4-5-22(34)27-23(18)20(10-39)28(40)47-27)25(35)26(19)41-30(42-29)45-14-31-6-3-7-44(31)13-17(33)9-31/h4-5,8,15-17H,3,6-7,9,11-14,40H2,1-2H3/t15-,16-,17-,31+/m1/s1. The van der Waals surface area contributed by atoms with Crippen molar-refractivity contribution in [1.82, 2.24) is 14.9 Å². The van der Waals surface area contributed by atoms with Gasteiger partial charge in [-0.05, 0) is 50.9 Å². The minimum Gasteiger partial charge on any atom is -0.461 e. The lowest BCUT2D eigenvalue weighted by atomic mass is 9.92. The third kappa shape index (κ3) is 5.30. The van der Waals surface area contributed by atoms with Crippen molar-refractivity contribution >= 4 is 43.1 Å². The monoisotopic (exact) mass is 676 g/mol. The fraction of sp³-hybridized carbons (Fsp3) is 0.469. The van der Waals surface area contributed by atoms with Crippen LogP contribution in [0.15, 0.2) is 18.2 Å². The van der Waals surface area contributed by atoms with Crippen LogP contribution in [0.2, 0.25) is 0 Å². The first kappa shape index (κ1) is 31.7. The number of nitrogens with zero attached hydrogens (tertiary/aromatic N) is 5. The number of hydrogen-bond acceptors (Lipinski definition) is 9. The van der Waals surface area contributed by atoms with Crippen molar-refractivity contribution in [3.05, 3.63) is 41.0 Å². The Balaban J connectivity index is 1.46. The fourth-order valence-corrected chi connectivity index (χ4v) is 8.44. The molecule has 5 heterocycles. The molecule has 3 aliphatic rings. The lowest BCUT2D eigenvalue weighted by Crippen LogP contribution is -2.46. The molecule has 3 aliphatic heterocycles. The van der Waals surface area contributed by atoms with Gasteiger partial charge in [0.05, 0.1) is 33.6 Å². The van der Waals surface area contributed by atoms with Crippen LogP contribution in [0.25, 0.3) is 32.1 Å². The smallest absolute Gasteiger partial charge is 0.417 e. The number of halogens is 6. The van der Waals surface area contributed by atoms with Gasteiger partial charge >= 0.3 is 12.2 Å². The van der Waals surface area contributed by atoms with Crippen LogP contribution in [0.4, 0.5) is 37.2 Å². The van der Waals surface area contributed by atoms with E-state index in [1.165, 1.54) is 0 Å². The number of thiophene rings is 1. The van der Waals surface area contributed by atoms with E-state index in [1.807, 2.05) is 24.8 Å². The molecular weight excluding hydrogens is 646 g/mol. The number of nitrogens with two attached hydrogens (primary N) is 1. The van der Waals surface area contributed by atoms with Crippen molar-refractivity contribution < 1.29 is 35.8 Å². The summed E-state index contributed by atoms with van der Waals surface area (Å²) in [6, 6.07) is 4.27. The van der Waals surface area contributed by atoms with Crippen molar-refractivity contribution in [2.24, 2.45) is 0 Å². The maximum atomic E-state index is 17.0. The summed E-state index contributed by atoms with van der Waals surface area (Å²) in [7, 11) is 0. The highest BCUT2D eigenvalue weighted by molar-refractivity contribution is 7.23. The van der Waals surface area contributed by atoms with Gasteiger partial charge in [-0.2, -0.15) is 28.4 Å². The van der Waals surface area contributed by atoms with Crippen LogP contribution < -0.4 is 15.4 Å². The van der Waals surface area contributed by atoms with Crippen LogP contribution in [0.5, 0.6) is 6.01 Å². The van der Waals surface area contributed by atoms with E-state index in [0.717, 1.165) is 24.6 Å². The normalized spacial score (nSPS) is 25.1. The molecule has 8 nitrogen and oxygen atoms in total. The van der Waals surface area contributed by atoms with E-state index in [0.29, 0.717) is 24.3 Å². The van der Waals surface area contributed by atoms with Gasteiger partial charge in [-0.1, -0.05) is 6.07 Å². The Labute approximate surface area is 269 Å². The summed E-state index contributed by atoms with van der Waals surface area (Å²) in [4.78, 5) is 12.6. The molecule has 2 aromatic carbocycles. The third-order valence-corrected chi connectivity index (χ3v) is 10.4. The van der Waals surface area contributed by atoms with Crippen LogP contribution in [0.1, 0.15) is 44.2 Å². The minimum absolute atomic E-state index is 0.0156. The summed E-state index contributed by atoms with van der Waals surface area (Å²) in [5, 5.41) is 9.25. The quantitative estimate of drug-likeness (QED) is 0.230. The number of rotatable bonds is 5. The molecule has 0 bridgehead atoms. The molecule has 0 unspecified atom stereocenters. The Hall–Kier alpha value is -3.87. The third-order valence-electron chi connectivity index (χ3n) is 9.35. The second kappa shape index (κ2) is 11.4. The summed E-state index contributed by atoms with van der Waals surface area (Å²) >= 11 is 0.693. The van der Waals surface area contributed by atoms with Gasteiger partial charge in [-0.15, -0.1) is 11.3 Å². The summed E-state index contributed by atoms with van der Waals surface area (Å²) in [5.41, 5.74) is 2.05. The molecule has 4 atom stereocenters. The number of alkyl halides is 4. The zero-order valence-corrected chi connectivity index (χ0v) is 26.2. The molecule has 3 fully saturated rings. The number of aromatic nitrogens is 2. The highest BCUT2D eigenvalue weighted by atomic mass is 32.1. The van der Waals surface area contributed by atoms with Crippen LogP contribution >= 0.6 is 11.3 Å². The minimum atomic E-state index is -5.08. The molecular formula is C32H30F6N6O2S. The predicted octanol–water partition coefficient (Wildman–Crippen LogP) is 6.83. The van der Waals surface area contributed by atoms with Crippen LogP contribution in [0.3, 0.4) is 0 Å². The van der Waals surface area contributed by atoms with E-state index in [9.17, 15) is 27.2 Å². The Morgan fingerprint density at radius 3 is 2.62 bits per heavy atom. The van der Waals surface area contributed by atoms with Crippen LogP contribution in [-0.2, 0) is 10.9 Å². The first-order valence-corrected chi connectivity index (χ1v) is 16.1. The van der Waals surface area contributed by atoms with Crippen molar-refractivity contribution in [3.8, 4) is 23.2 Å². The van der Waals surface area contributed by atoms with Gasteiger partial charge in [0.1, 0.15) is 41.0 Å². The number of ether oxygens (including phenoxy) is 2. The number of nitriles is 1. The molecule has 0 radical (unpaired) electrons. The average molecular weight is 677 g/mol. The van der Waals surface area contributed by atoms with Crippen molar-refractivity contribution in [3.63, 3.8) is 0 Å². The van der Waals surface area contributed by atoms with Gasteiger partial charge in [0.2, 0.25) is 0 Å². The number of fused-ring (bicyclic) bond motifs is 3. The number of benzene rings is 2. The summed E-state index contributed by atoms with van der Waals surface area (Å²) < 4.78 is 103. The molecule has 248 valence electrons. The second-order valence-electron chi connectivity index (χ2n) is 12.6. The SMILES string of the molecule is C[C@@H]1CN(c2nc(OC[C@@]34CCCN3C[C@H](F)C4)nc3c(F)c(-c4ccc(F)c5sc(N)c(C#N)c45)c(C(F)(F)F)cc23)C[C@@H](C)O1. The molecule has 2 N–H and O–H groups in total. The molecule has 7 rings (SSSR count). The van der Waals surface area contributed by atoms with Gasteiger partial charge in [0, 0.05) is 42.4 Å². The first-order chi connectivity index (χ1) is 22.3. The van der Waals surface area contributed by atoms with Gasteiger partial charge in [0.15, 0.2) is 5.82 Å². The second-order valence-corrected chi connectivity index (χ2v) is 13.7. The zero-order chi connectivity index (χ0) is 33.4. The van der Waals surface area contributed by atoms with Gasteiger partial charge < -0.3 is 20.1 Å². The van der Waals surface area contributed by atoms with Crippen molar-refractivity contribution in [2.75, 3.05) is 43.4 Å². The lowest BCUT2D eigenvalue weighted by molar-refractivity contribution is -0.137. The Morgan fingerprint density at radius 1 is 1.17 bits per heavy atom. The lowest BCUT2D eigenvalue weighted by Gasteiger charge is -2.36. The summed E-state index contributed by atoms with van der Waals surface area (Å²) in [5.74, 6) is -2.12. The van der Waals surface area contributed by atoms with Crippen molar-refractivity contribution in [2.45, 2.75) is 63.2 Å². The Kier molecular flexibility index (Phi) is 7.68. The molecule has 3 saturated heterocycles. The van der Waals surface area contributed by atoms with E-state index < -0.39 is 46.2 Å². The summed E-state index contributed by atoms with van der Waals surface area (Å²) in [6.45, 7) is 5.12. The highest BCUT2D eigenvalue weighted by Crippen LogP contribution is 2.48. The number of morpholine rings is 1. The van der Waals surface area contributed by atoms with E-state index >= 15 is 4.39 Å². The topological polar surface area (TPSA) is 101 Å². The largest absolute Gasteiger partial charge is 0.461 e. The van der Waals surface area contributed by atoms with Crippen molar-refractivity contribution in [1.29, 1.82) is 5.26 Å². The maximum Gasteiger partial charge on any atom is 0.417 e. The molecule has 0 saturated carbocycles. The molecule has 0 spiro atoms. The van der Waals surface area contributed by atoms with Gasteiger partial charge in [0.25, 0.3) is 0 Å². The van der Waals surface area contributed by atoms with Gasteiger partial charge in [-0.3, -0.25) is 4.90 Å². The highest BCUT2D eigenvalue weighted by Gasteiger charge is 2.49. The maximum absolute atomic E-state index is 17.0. The predicted molar refractivity (Wildman–Crippen MR) is 165 cm³/mol. The molecule has 15 heteroatoms. The average Bonchev–Trinajstić information content (AvgIpc) is 3.64. The Bertz CT molecular complexity index is 1940. The van der Waals surface area contributed by atoms with E-state index in [2.05, 4.69) is 9.97 Å². The molecule has 4 aromatic rings. The molecule has 47 heavy (non-hydrogen) atoms. The Morgan fingerprint density at radius 2 is 1.91 bits per heavy atom. The van der Waals surface area contributed by atoms with Gasteiger partial charge in [-0.25, -0.2) is 13.2 Å².